The molecule has 0 unspecified atom stereocenters. The standard InChI is InChI=1S/C44H58O6Si2/c1-28-25-37(48-41(46)33(28)27-47-51(5,6)30-15-11-9-12-16-30)29(2)34-19-20-35-32-26-40-44(49-40)39(50-52(7,8)31-17-13-10-14-18-31)22-21-38(45)43(44,4)36(32)23-24-42(34,35)3/h9-18,21-22,29,32,34-37,39-40H,19-20,23-27H2,1-8H3/t29-,32-,34+,35-,36-,37+,39-,40+,42+,43-,44+/m0/s1. The minimum absolute atomic E-state index is 0.0414. The minimum Gasteiger partial charge on any atom is -0.458 e. The lowest BCUT2D eigenvalue weighted by molar-refractivity contribution is -0.155. The lowest BCUT2D eigenvalue weighted by atomic mass is 9.44. The van der Waals surface area contributed by atoms with E-state index in [2.05, 4.69) is 96.3 Å². The summed E-state index contributed by atoms with van der Waals surface area (Å²) >= 11 is 0. The summed E-state index contributed by atoms with van der Waals surface area (Å²) in [6, 6.07) is 21.0. The molecule has 0 radical (unpaired) electrons. The van der Waals surface area contributed by atoms with E-state index in [1.54, 1.807) is 0 Å². The second kappa shape index (κ2) is 12.7. The van der Waals surface area contributed by atoms with Crippen molar-refractivity contribution in [3.05, 3.63) is 84.0 Å². The van der Waals surface area contributed by atoms with E-state index in [-0.39, 0.29) is 47.3 Å². The summed E-state index contributed by atoms with van der Waals surface area (Å²) in [5.41, 5.74) is 0.775. The average Bonchev–Trinajstić information content (AvgIpc) is 3.75. The van der Waals surface area contributed by atoms with Gasteiger partial charge in [0.2, 0.25) is 16.6 Å². The highest BCUT2D eigenvalue weighted by Crippen LogP contribution is 2.73. The molecule has 2 heterocycles. The van der Waals surface area contributed by atoms with Crippen LogP contribution in [0.5, 0.6) is 0 Å². The highest BCUT2D eigenvalue weighted by atomic mass is 28.4. The van der Waals surface area contributed by atoms with Gasteiger partial charge in [0.1, 0.15) is 11.7 Å². The number of cyclic esters (lactones) is 1. The number of esters is 1. The van der Waals surface area contributed by atoms with Crippen molar-refractivity contribution >= 4 is 38.8 Å². The zero-order chi connectivity index (χ0) is 36.8. The highest BCUT2D eigenvalue weighted by molar-refractivity contribution is 6.84. The number of benzene rings is 2. The fourth-order valence-electron chi connectivity index (χ4n) is 12.2. The molecule has 2 aliphatic heterocycles. The van der Waals surface area contributed by atoms with Gasteiger partial charge >= 0.3 is 5.97 Å². The number of ketones is 1. The van der Waals surface area contributed by atoms with Crippen LogP contribution in [-0.2, 0) is 27.9 Å². The minimum atomic E-state index is -2.26. The van der Waals surface area contributed by atoms with Crippen molar-refractivity contribution in [1.29, 1.82) is 0 Å². The Morgan fingerprint density at radius 1 is 0.885 bits per heavy atom. The van der Waals surface area contributed by atoms with Crippen LogP contribution in [0.3, 0.4) is 0 Å². The molecule has 0 bridgehead atoms. The van der Waals surface area contributed by atoms with Crippen LogP contribution in [0.25, 0.3) is 0 Å². The van der Waals surface area contributed by atoms with Crippen molar-refractivity contribution < 1.29 is 27.9 Å². The summed E-state index contributed by atoms with van der Waals surface area (Å²) in [4.78, 5) is 27.7. The van der Waals surface area contributed by atoms with Gasteiger partial charge in [0.05, 0.1) is 29.8 Å². The Hall–Kier alpha value is -2.63. The number of ether oxygens (including phenoxy) is 2. The van der Waals surface area contributed by atoms with Crippen molar-refractivity contribution in [3.8, 4) is 0 Å². The van der Waals surface area contributed by atoms with Crippen LogP contribution in [0.2, 0.25) is 26.2 Å². The van der Waals surface area contributed by atoms with E-state index in [1.165, 1.54) is 10.4 Å². The van der Waals surface area contributed by atoms with Crippen LogP contribution >= 0.6 is 0 Å². The first kappa shape index (κ1) is 36.4. The van der Waals surface area contributed by atoms with E-state index in [0.717, 1.165) is 44.1 Å². The molecule has 4 aliphatic carbocycles. The summed E-state index contributed by atoms with van der Waals surface area (Å²) in [7, 11) is -4.42. The van der Waals surface area contributed by atoms with Crippen molar-refractivity contribution in [2.45, 2.75) is 116 Å². The zero-order valence-corrected chi connectivity index (χ0v) is 34.4. The molecule has 52 heavy (non-hydrogen) atoms. The third-order valence-electron chi connectivity index (χ3n) is 15.4. The monoisotopic (exact) mass is 738 g/mol. The smallest absolute Gasteiger partial charge is 0.336 e. The number of epoxide rings is 1. The maximum Gasteiger partial charge on any atom is 0.336 e. The molecule has 1 saturated heterocycles. The average molecular weight is 739 g/mol. The van der Waals surface area contributed by atoms with E-state index in [0.29, 0.717) is 29.9 Å². The SMILES string of the molecule is CC1=C(CO[Si](C)(C)c2ccccc2)C(=O)O[C@@H]([C@@H](C)[C@H]2CC[C@H]3[C@@H]4C[C@H]5O[C@]56[C@@H](O[Si](C)(C)c5ccccc5)C=CC(=O)[C@]6(C)[C@H]4CC[C@]23C)C1. The van der Waals surface area contributed by atoms with Crippen molar-refractivity contribution in [2.24, 2.45) is 40.4 Å². The maximum atomic E-state index is 14.2. The van der Waals surface area contributed by atoms with Gasteiger partial charge in [-0.05, 0) is 124 Å². The summed E-state index contributed by atoms with van der Waals surface area (Å²) in [5, 5.41) is 2.48. The van der Waals surface area contributed by atoms with Crippen molar-refractivity contribution in [1.82, 2.24) is 0 Å². The lowest BCUT2D eigenvalue weighted by Crippen LogP contribution is -2.65. The predicted molar refractivity (Wildman–Crippen MR) is 209 cm³/mol. The summed E-state index contributed by atoms with van der Waals surface area (Å²) in [6.07, 6.45) is 9.73. The number of carbonyl (C=O) groups excluding carboxylic acids is 2. The van der Waals surface area contributed by atoms with Gasteiger partial charge < -0.3 is 18.3 Å². The molecular weight excluding hydrogens is 681 g/mol. The second-order valence-corrected chi connectivity index (χ2v) is 26.2. The van der Waals surface area contributed by atoms with Crippen molar-refractivity contribution in [3.63, 3.8) is 0 Å². The van der Waals surface area contributed by atoms with Gasteiger partial charge in [-0.2, -0.15) is 0 Å². The van der Waals surface area contributed by atoms with Gasteiger partial charge in [-0.25, -0.2) is 4.79 Å². The van der Waals surface area contributed by atoms with Crippen LogP contribution in [0.1, 0.15) is 66.2 Å². The van der Waals surface area contributed by atoms with Gasteiger partial charge in [-0.15, -0.1) is 0 Å². The third kappa shape index (κ3) is 5.48. The molecule has 8 rings (SSSR count). The van der Waals surface area contributed by atoms with E-state index in [9.17, 15) is 9.59 Å². The zero-order valence-electron chi connectivity index (χ0n) is 32.4. The molecule has 0 aromatic heterocycles. The Morgan fingerprint density at radius 2 is 1.54 bits per heavy atom. The quantitative estimate of drug-likeness (QED) is 0.150. The molecule has 11 atom stereocenters. The molecule has 8 heteroatoms. The predicted octanol–water partition coefficient (Wildman–Crippen LogP) is 7.63. The molecule has 0 amide bonds. The number of allylic oxidation sites excluding steroid dienone is 1. The Bertz CT molecular complexity index is 1790. The second-order valence-electron chi connectivity index (χ2n) is 18.5. The van der Waals surface area contributed by atoms with Crippen molar-refractivity contribution in [2.75, 3.05) is 6.61 Å². The van der Waals surface area contributed by atoms with Gasteiger partial charge in [0.15, 0.2) is 5.78 Å². The normalized spacial score (nSPS) is 38.9. The highest BCUT2D eigenvalue weighted by Gasteiger charge is 2.80. The first-order chi connectivity index (χ1) is 24.6. The number of rotatable bonds is 9. The summed E-state index contributed by atoms with van der Waals surface area (Å²) in [6.45, 7) is 18.4. The molecule has 6 nitrogen and oxygen atoms in total. The summed E-state index contributed by atoms with van der Waals surface area (Å²) < 4.78 is 26.7. The van der Waals surface area contributed by atoms with E-state index < -0.39 is 27.7 Å². The Morgan fingerprint density at radius 3 is 2.19 bits per heavy atom. The van der Waals surface area contributed by atoms with Crippen LogP contribution in [-0.4, -0.2) is 58.9 Å². The van der Waals surface area contributed by atoms with Gasteiger partial charge in [0, 0.05) is 6.42 Å². The lowest BCUT2D eigenvalue weighted by Gasteiger charge is -2.59. The Balaban J connectivity index is 0.976. The van der Waals surface area contributed by atoms with E-state index in [4.69, 9.17) is 18.3 Å². The molecule has 3 saturated carbocycles. The first-order valence-corrected chi connectivity index (χ1v) is 25.7. The molecule has 278 valence electrons. The number of carbonyl (C=O) groups is 2. The molecule has 6 aliphatic rings. The van der Waals surface area contributed by atoms with E-state index in [1.807, 2.05) is 30.4 Å². The molecule has 0 N–H and O–H groups in total. The topological polar surface area (TPSA) is 74.4 Å². The Kier molecular flexibility index (Phi) is 8.90. The fourth-order valence-corrected chi connectivity index (χ4v) is 15.9. The maximum absolute atomic E-state index is 14.2. The van der Waals surface area contributed by atoms with Gasteiger partial charge in [0.25, 0.3) is 0 Å². The molecular formula is C44H58O6Si2. The van der Waals surface area contributed by atoms with Crippen LogP contribution < -0.4 is 10.4 Å². The largest absolute Gasteiger partial charge is 0.458 e. The molecule has 2 aromatic rings. The van der Waals surface area contributed by atoms with Crippen LogP contribution in [0, 0.1) is 40.4 Å². The van der Waals surface area contributed by atoms with Crippen LogP contribution in [0.15, 0.2) is 84.0 Å². The molecule has 1 spiro atoms. The molecule has 2 aromatic carbocycles. The summed E-state index contributed by atoms with van der Waals surface area (Å²) in [5.74, 6) is 1.96. The number of hydrogen-bond donors (Lipinski definition) is 0. The third-order valence-corrected chi connectivity index (χ3v) is 20.5. The van der Waals surface area contributed by atoms with Gasteiger partial charge in [-0.3, -0.25) is 4.79 Å². The van der Waals surface area contributed by atoms with Gasteiger partial charge in [-0.1, -0.05) is 86.2 Å². The molecule has 4 fully saturated rings. The number of fused-ring (bicyclic) bond motifs is 4. The first-order valence-electron chi connectivity index (χ1n) is 19.9. The fraction of sp³-hybridized carbons (Fsp3) is 0.591. The Labute approximate surface area is 313 Å². The van der Waals surface area contributed by atoms with E-state index >= 15 is 0 Å². The number of hydrogen-bond acceptors (Lipinski definition) is 6. The van der Waals surface area contributed by atoms with Crippen LogP contribution in [0.4, 0.5) is 0 Å².